The zero-order valence-corrected chi connectivity index (χ0v) is 13.2. The van der Waals surface area contributed by atoms with Crippen molar-refractivity contribution in [2.45, 2.75) is 40.2 Å². The molecular weight excluding hydrogens is 268 g/mol. The monoisotopic (exact) mass is 292 g/mol. The summed E-state index contributed by atoms with van der Waals surface area (Å²) in [4.78, 5) is 25.3. The summed E-state index contributed by atoms with van der Waals surface area (Å²) in [5.41, 5.74) is 0.617. The molecule has 0 aliphatic heterocycles. The largest absolute Gasteiger partial charge is 0.492 e. The van der Waals surface area contributed by atoms with Crippen LogP contribution in [0.2, 0.25) is 0 Å². The van der Waals surface area contributed by atoms with Gasteiger partial charge in [-0.1, -0.05) is 19.1 Å². The lowest BCUT2D eigenvalue weighted by molar-refractivity contribution is -0.123. The minimum Gasteiger partial charge on any atom is -0.492 e. The predicted octanol–water partition coefficient (Wildman–Crippen LogP) is 2.35. The highest BCUT2D eigenvalue weighted by molar-refractivity contribution is 5.98. The molecule has 0 aromatic heterocycles. The van der Waals surface area contributed by atoms with Gasteiger partial charge in [0.2, 0.25) is 11.8 Å². The first-order chi connectivity index (χ1) is 9.99. The van der Waals surface area contributed by atoms with E-state index in [0.29, 0.717) is 18.0 Å². The molecule has 0 bridgehead atoms. The molecule has 1 aromatic rings. The second kappa shape index (κ2) is 8.29. The van der Waals surface area contributed by atoms with E-state index in [2.05, 4.69) is 5.32 Å². The number of amides is 2. The molecule has 0 spiro atoms. The van der Waals surface area contributed by atoms with Crippen LogP contribution in [0.1, 0.15) is 34.1 Å². The predicted molar refractivity (Wildman–Crippen MR) is 83.5 cm³/mol. The van der Waals surface area contributed by atoms with Gasteiger partial charge in [-0.05, 0) is 32.4 Å². The average Bonchev–Trinajstić information content (AvgIpc) is 2.45. The van der Waals surface area contributed by atoms with Gasteiger partial charge >= 0.3 is 0 Å². The van der Waals surface area contributed by atoms with Gasteiger partial charge in [0.15, 0.2) is 0 Å². The van der Waals surface area contributed by atoms with Crippen LogP contribution in [0.5, 0.6) is 5.75 Å². The van der Waals surface area contributed by atoms with Gasteiger partial charge < -0.3 is 10.1 Å². The van der Waals surface area contributed by atoms with Crippen LogP contribution in [0.25, 0.3) is 0 Å². The summed E-state index contributed by atoms with van der Waals surface area (Å²) < 4.78 is 5.53. The van der Waals surface area contributed by atoms with E-state index in [1.165, 1.54) is 11.8 Å². The molecule has 1 unspecified atom stereocenters. The second-order valence-corrected chi connectivity index (χ2v) is 4.88. The highest BCUT2D eigenvalue weighted by Gasteiger charge is 2.19. The minimum atomic E-state index is -0.193. The second-order valence-electron chi connectivity index (χ2n) is 4.88. The number of benzene rings is 1. The molecule has 5 nitrogen and oxygen atoms in total. The Kier molecular flexibility index (Phi) is 6.72. The standard InChI is InChI=1S/C16H24N2O3/c1-5-12(3)17-16(20)11-18(13(4)19)14-9-7-8-10-15(14)21-6-2/h7-10,12H,5-6,11H2,1-4H3,(H,17,20). The summed E-state index contributed by atoms with van der Waals surface area (Å²) in [5.74, 6) is 0.235. The van der Waals surface area contributed by atoms with Crippen LogP contribution in [0.4, 0.5) is 5.69 Å². The van der Waals surface area contributed by atoms with Gasteiger partial charge in [0.05, 0.1) is 12.3 Å². The van der Waals surface area contributed by atoms with Crippen LogP contribution in [0.3, 0.4) is 0 Å². The number of rotatable bonds is 7. The van der Waals surface area contributed by atoms with Gasteiger partial charge in [-0.3, -0.25) is 14.5 Å². The van der Waals surface area contributed by atoms with Gasteiger partial charge in [-0.15, -0.1) is 0 Å². The topological polar surface area (TPSA) is 58.6 Å². The highest BCUT2D eigenvalue weighted by Crippen LogP contribution is 2.28. The number of nitrogens with zero attached hydrogens (tertiary/aromatic N) is 1. The molecule has 1 aromatic carbocycles. The molecule has 2 amide bonds. The van der Waals surface area contributed by atoms with E-state index >= 15 is 0 Å². The fourth-order valence-corrected chi connectivity index (χ4v) is 1.89. The number of hydrogen-bond donors (Lipinski definition) is 1. The van der Waals surface area contributed by atoms with Crippen molar-refractivity contribution in [3.63, 3.8) is 0 Å². The van der Waals surface area contributed by atoms with Crippen LogP contribution >= 0.6 is 0 Å². The Labute approximate surface area is 126 Å². The zero-order chi connectivity index (χ0) is 15.8. The van der Waals surface area contributed by atoms with E-state index in [-0.39, 0.29) is 24.4 Å². The van der Waals surface area contributed by atoms with E-state index in [9.17, 15) is 9.59 Å². The van der Waals surface area contributed by atoms with Gasteiger partial charge in [-0.2, -0.15) is 0 Å². The zero-order valence-electron chi connectivity index (χ0n) is 13.2. The maximum atomic E-state index is 12.0. The van der Waals surface area contributed by atoms with E-state index in [1.807, 2.05) is 32.9 Å². The lowest BCUT2D eigenvalue weighted by atomic mass is 10.2. The molecular formula is C16H24N2O3. The van der Waals surface area contributed by atoms with Crippen molar-refractivity contribution in [1.82, 2.24) is 5.32 Å². The smallest absolute Gasteiger partial charge is 0.240 e. The van der Waals surface area contributed by atoms with Crippen molar-refractivity contribution < 1.29 is 14.3 Å². The van der Waals surface area contributed by atoms with Gasteiger partial charge in [0.25, 0.3) is 0 Å². The van der Waals surface area contributed by atoms with Gasteiger partial charge in [0.1, 0.15) is 12.3 Å². The van der Waals surface area contributed by atoms with Crippen molar-refractivity contribution in [3.8, 4) is 5.75 Å². The first kappa shape index (κ1) is 17.0. The van der Waals surface area contributed by atoms with Crippen molar-refractivity contribution in [1.29, 1.82) is 0 Å². The maximum Gasteiger partial charge on any atom is 0.240 e. The van der Waals surface area contributed by atoms with Crippen LogP contribution in [0, 0.1) is 0 Å². The van der Waals surface area contributed by atoms with E-state index in [0.717, 1.165) is 6.42 Å². The van der Waals surface area contributed by atoms with Crippen molar-refractivity contribution in [2.75, 3.05) is 18.1 Å². The Morgan fingerprint density at radius 3 is 2.52 bits per heavy atom. The highest BCUT2D eigenvalue weighted by atomic mass is 16.5. The Hall–Kier alpha value is -2.04. The summed E-state index contributed by atoms with van der Waals surface area (Å²) in [7, 11) is 0. The third-order valence-electron chi connectivity index (χ3n) is 3.16. The summed E-state index contributed by atoms with van der Waals surface area (Å²) >= 11 is 0. The number of ether oxygens (including phenoxy) is 1. The number of anilines is 1. The Morgan fingerprint density at radius 1 is 1.29 bits per heavy atom. The summed E-state index contributed by atoms with van der Waals surface area (Å²) in [5, 5.41) is 2.86. The molecule has 0 heterocycles. The summed E-state index contributed by atoms with van der Waals surface area (Å²) in [6, 6.07) is 7.32. The van der Waals surface area contributed by atoms with E-state index < -0.39 is 0 Å². The van der Waals surface area contributed by atoms with E-state index in [4.69, 9.17) is 4.74 Å². The summed E-state index contributed by atoms with van der Waals surface area (Å²) in [6.45, 7) is 7.75. The molecule has 0 aliphatic rings. The van der Waals surface area contributed by atoms with E-state index in [1.54, 1.807) is 12.1 Å². The first-order valence-electron chi connectivity index (χ1n) is 7.28. The molecule has 1 rings (SSSR count). The molecule has 1 N–H and O–H groups in total. The number of carbonyl (C=O) groups excluding carboxylic acids is 2. The van der Waals surface area contributed by atoms with Gasteiger partial charge in [0, 0.05) is 13.0 Å². The normalized spacial score (nSPS) is 11.6. The number of hydrogen-bond acceptors (Lipinski definition) is 3. The number of para-hydroxylation sites is 2. The van der Waals surface area contributed by atoms with Crippen molar-refractivity contribution in [3.05, 3.63) is 24.3 Å². The molecule has 0 aliphatic carbocycles. The Balaban J connectivity index is 2.92. The third kappa shape index (κ3) is 5.10. The van der Waals surface area contributed by atoms with Gasteiger partial charge in [-0.25, -0.2) is 0 Å². The molecule has 116 valence electrons. The number of nitrogens with one attached hydrogen (secondary N) is 1. The van der Waals surface area contributed by atoms with Crippen molar-refractivity contribution >= 4 is 17.5 Å². The average molecular weight is 292 g/mol. The van der Waals surface area contributed by atoms with Crippen molar-refractivity contribution in [2.24, 2.45) is 0 Å². The third-order valence-corrected chi connectivity index (χ3v) is 3.16. The van der Waals surface area contributed by atoms with Crippen LogP contribution < -0.4 is 15.0 Å². The summed E-state index contributed by atoms with van der Waals surface area (Å²) in [6.07, 6.45) is 0.849. The minimum absolute atomic E-state index is 0.0102. The fraction of sp³-hybridized carbons (Fsp3) is 0.500. The Bertz CT molecular complexity index is 488. The first-order valence-corrected chi connectivity index (χ1v) is 7.28. The quantitative estimate of drug-likeness (QED) is 0.839. The molecule has 0 saturated carbocycles. The SMILES string of the molecule is CCOc1ccccc1N(CC(=O)NC(C)CC)C(C)=O. The van der Waals surface area contributed by atoms with Crippen LogP contribution in [0.15, 0.2) is 24.3 Å². The molecule has 0 saturated heterocycles. The van der Waals surface area contributed by atoms with Crippen LogP contribution in [-0.2, 0) is 9.59 Å². The Morgan fingerprint density at radius 2 is 1.95 bits per heavy atom. The lowest BCUT2D eigenvalue weighted by Crippen LogP contribution is -2.42. The molecule has 21 heavy (non-hydrogen) atoms. The molecule has 0 fully saturated rings. The molecule has 1 atom stereocenters. The van der Waals surface area contributed by atoms with Crippen LogP contribution in [-0.4, -0.2) is 31.0 Å². The molecule has 5 heteroatoms. The maximum absolute atomic E-state index is 12.0. The number of carbonyl (C=O) groups is 2. The lowest BCUT2D eigenvalue weighted by Gasteiger charge is -2.24. The fourth-order valence-electron chi connectivity index (χ4n) is 1.89. The molecule has 0 radical (unpaired) electrons.